The first kappa shape index (κ1) is 10.8. The summed E-state index contributed by atoms with van der Waals surface area (Å²) >= 11 is 2.40. The van der Waals surface area contributed by atoms with Crippen LogP contribution in [0.4, 0.5) is 0 Å². The van der Waals surface area contributed by atoms with Crippen molar-refractivity contribution in [3.05, 3.63) is 21.3 Å². The van der Waals surface area contributed by atoms with Gasteiger partial charge in [0.05, 0.1) is 6.10 Å². The van der Waals surface area contributed by atoms with Crippen LogP contribution in [0.5, 0.6) is 0 Å². The summed E-state index contributed by atoms with van der Waals surface area (Å²) in [4.78, 5) is 0. The second kappa shape index (κ2) is 4.84. The average molecular weight is 313 g/mol. The largest absolute Gasteiger partial charge is 0.374 e. The molecule has 1 nitrogen and oxygen atoms in total. The molecule has 1 radical (unpaired) electrons. The normalized spacial score (nSPS) is 27.9. The van der Waals surface area contributed by atoms with E-state index in [4.69, 9.17) is 4.74 Å². The number of allylic oxidation sites excluding steroid dienone is 3. The summed E-state index contributed by atoms with van der Waals surface area (Å²) in [5.74, 6) is 0. The second-order valence-electron chi connectivity index (χ2n) is 2.98. The molecule has 1 aliphatic heterocycles. The van der Waals surface area contributed by atoms with Gasteiger partial charge in [0, 0.05) is 28.7 Å². The molecule has 2 aliphatic rings. The molecule has 0 aromatic rings. The van der Waals surface area contributed by atoms with Gasteiger partial charge in [-0.2, -0.15) is 0 Å². The Labute approximate surface area is 98.7 Å². The van der Waals surface area contributed by atoms with E-state index in [2.05, 4.69) is 34.7 Å². The predicted octanol–water partition coefficient (Wildman–Crippen LogP) is 2.81. The van der Waals surface area contributed by atoms with Gasteiger partial charge in [-0.05, 0) is 47.4 Å². The molecule has 0 spiro atoms. The Kier molecular flexibility index (Phi) is 4.37. The van der Waals surface area contributed by atoms with Crippen LogP contribution < -0.4 is 0 Å². The van der Waals surface area contributed by atoms with Crippen LogP contribution >= 0.6 is 22.6 Å². The van der Waals surface area contributed by atoms with Crippen LogP contribution in [-0.2, 0) is 23.3 Å². The van der Waals surface area contributed by atoms with Crippen LogP contribution in [0.25, 0.3) is 0 Å². The van der Waals surface area contributed by atoms with Crippen molar-refractivity contribution in [2.45, 2.75) is 25.4 Å². The molecule has 1 heterocycles. The smallest absolute Gasteiger partial charge is 0.0802 e. The van der Waals surface area contributed by atoms with Gasteiger partial charge in [-0.15, -0.1) is 0 Å². The number of rotatable bonds is 1. The van der Waals surface area contributed by atoms with Crippen molar-refractivity contribution in [2.24, 2.45) is 0 Å². The van der Waals surface area contributed by atoms with E-state index in [-0.39, 0.29) is 18.6 Å². The Bertz CT molecular complexity index is 217. The molecule has 0 N–H and O–H groups in total. The molecule has 0 aromatic heterocycles. The molecule has 1 atom stereocenters. The van der Waals surface area contributed by atoms with Gasteiger partial charge in [0.2, 0.25) is 0 Å². The maximum absolute atomic E-state index is 5.60. The van der Waals surface area contributed by atoms with Gasteiger partial charge < -0.3 is 4.74 Å². The van der Waals surface area contributed by atoms with E-state index >= 15 is 0 Å². The maximum Gasteiger partial charge on any atom is 0.0802 e. The Morgan fingerprint density at radius 1 is 1.50 bits per heavy atom. The van der Waals surface area contributed by atoms with Gasteiger partial charge in [-0.3, -0.25) is 0 Å². The standard InChI is InChI=1S/C9H11IO.V/c10-8-4-1-3-7(8)9-5-2-6-11-9;/h1,4,9H,2-3,5-6H2;. The van der Waals surface area contributed by atoms with Crippen LogP contribution in [0, 0.1) is 0 Å². The third kappa shape index (κ3) is 2.16. The van der Waals surface area contributed by atoms with Gasteiger partial charge in [0.15, 0.2) is 0 Å². The average Bonchev–Trinajstić information content (AvgIpc) is 2.55. The van der Waals surface area contributed by atoms with Crippen LogP contribution in [0.15, 0.2) is 21.3 Å². The van der Waals surface area contributed by atoms with Crippen molar-refractivity contribution in [2.75, 3.05) is 6.61 Å². The zero-order chi connectivity index (χ0) is 7.68. The molecule has 12 heavy (non-hydrogen) atoms. The number of hydrogen-bond donors (Lipinski definition) is 0. The number of ether oxygens (including phenoxy) is 1. The van der Waals surface area contributed by atoms with Crippen molar-refractivity contribution in [3.63, 3.8) is 0 Å². The molecule has 0 bridgehead atoms. The van der Waals surface area contributed by atoms with E-state index < -0.39 is 0 Å². The van der Waals surface area contributed by atoms with E-state index in [0.29, 0.717) is 6.10 Å². The van der Waals surface area contributed by atoms with Crippen LogP contribution in [0.2, 0.25) is 0 Å². The van der Waals surface area contributed by atoms with E-state index in [1.54, 1.807) is 0 Å². The molecule has 0 aromatic carbocycles. The fourth-order valence-corrected chi connectivity index (χ4v) is 2.45. The SMILES string of the molecule is IC1=C(C2CCCO2)CC=C1.[V]. The number of halogens is 1. The second-order valence-corrected chi connectivity index (χ2v) is 4.14. The van der Waals surface area contributed by atoms with Gasteiger partial charge in [0.1, 0.15) is 0 Å². The summed E-state index contributed by atoms with van der Waals surface area (Å²) in [6.45, 7) is 0.956. The first-order valence-corrected chi connectivity index (χ1v) is 5.12. The quantitative estimate of drug-likeness (QED) is 0.677. The molecule has 1 unspecified atom stereocenters. The third-order valence-corrected chi connectivity index (χ3v) is 3.28. The first-order chi connectivity index (χ1) is 5.38. The van der Waals surface area contributed by atoms with Gasteiger partial charge in [-0.1, -0.05) is 12.2 Å². The maximum atomic E-state index is 5.60. The molecule has 3 heteroatoms. The zero-order valence-electron chi connectivity index (χ0n) is 6.79. The summed E-state index contributed by atoms with van der Waals surface area (Å²) in [5, 5.41) is 0. The van der Waals surface area contributed by atoms with E-state index in [1.165, 1.54) is 22.0 Å². The summed E-state index contributed by atoms with van der Waals surface area (Å²) in [5.41, 5.74) is 1.50. The molecule has 0 saturated carbocycles. The summed E-state index contributed by atoms with van der Waals surface area (Å²) < 4.78 is 7.00. The van der Waals surface area contributed by atoms with Gasteiger partial charge in [-0.25, -0.2) is 0 Å². The predicted molar refractivity (Wildman–Crippen MR) is 53.8 cm³/mol. The topological polar surface area (TPSA) is 9.23 Å². The fraction of sp³-hybridized carbons (Fsp3) is 0.556. The molecule has 1 fully saturated rings. The Morgan fingerprint density at radius 3 is 2.83 bits per heavy atom. The fourth-order valence-electron chi connectivity index (χ4n) is 1.63. The Balaban J connectivity index is 0.000000720. The zero-order valence-corrected chi connectivity index (χ0v) is 10.3. The van der Waals surface area contributed by atoms with Crippen molar-refractivity contribution in [1.82, 2.24) is 0 Å². The summed E-state index contributed by atoms with van der Waals surface area (Å²) in [6.07, 6.45) is 8.43. The first-order valence-electron chi connectivity index (χ1n) is 4.04. The molecule has 1 aliphatic carbocycles. The van der Waals surface area contributed by atoms with Crippen LogP contribution in [-0.4, -0.2) is 12.7 Å². The minimum absolute atomic E-state index is 0. The summed E-state index contributed by atoms with van der Waals surface area (Å²) in [6, 6.07) is 0. The van der Waals surface area contributed by atoms with E-state index in [1.807, 2.05) is 0 Å². The van der Waals surface area contributed by atoms with Crippen molar-refractivity contribution >= 4 is 22.6 Å². The van der Waals surface area contributed by atoms with Crippen LogP contribution in [0.1, 0.15) is 19.3 Å². The Morgan fingerprint density at radius 2 is 2.33 bits per heavy atom. The molecular formula is C9H11IOV. The minimum atomic E-state index is 0. The van der Waals surface area contributed by atoms with E-state index in [9.17, 15) is 0 Å². The third-order valence-electron chi connectivity index (χ3n) is 2.23. The van der Waals surface area contributed by atoms with Crippen molar-refractivity contribution < 1.29 is 23.3 Å². The van der Waals surface area contributed by atoms with Gasteiger partial charge in [0.25, 0.3) is 0 Å². The molecule has 1 saturated heterocycles. The molecule has 2 rings (SSSR count). The monoisotopic (exact) mass is 313 g/mol. The number of hydrogen-bond acceptors (Lipinski definition) is 1. The van der Waals surface area contributed by atoms with Crippen molar-refractivity contribution in [1.29, 1.82) is 0 Å². The van der Waals surface area contributed by atoms with Crippen LogP contribution in [0.3, 0.4) is 0 Å². The molecular weight excluding hydrogens is 302 g/mol. The molecule has 65 valence electrons. The summed E-state index contributed by atoms with van der Waals surface area (Å²) in [7, 11) is 0. The molecule has 0 amide bonds. The Hall–Kier alpha value is 0.754. The van der Waals surface area contributed by atoms with Gasteiger partial charge >= 0.3 is 0 Å². The van der Waals surface area contributed by atoms with E-state index in [0.717, 1.165) is 13.0 Å². The minimum Gasteiger partial charge on any atom is -0.374 e. The van der Waals surface area contributed by atoms with Crippen molar-refractivity contribution in [3.8, 4) is 0 Å².